The average molecular weight is 447 g/mol. The Morgan fingerprint density at radius 1 is 0.871 bits per heavy atom. The van der Waals surface area contributed by atoms with Gasteiger partial charge in [-0.2, -0.15) is 11.8 Å². The lowest BCUT2D eigenvalue weighted by Crippen LogP contribution is -2.47. The fourth-order valence-corrected chi connectivity index (χ4v) is 2.92. The number of carbonyl (C=O) groups excluding carboxylic acids is 3. The van der Waals surface area contributed by atoms with Gasteiger partial charge in [-0.3, -0.25) is 5.32 Å². The number of nitrogens with one attached hydrogen (secondary N) is 2. The monoisotopic (exact) mass is 446 g/mol. The highest BCUT2D eigenvalue weighted by Gasteiger charge is 2.26. The van der Waals surface area contributed by atoms with Crippen molar-refractivity contribution in [2.75, 3.05) is 12.0 Å². The first-order valence-corrected chi connectivity index (χ1v) is 11.2. The molecule has 31 heavy (non-hydrogen) atoms. The predicted octanol–water partition coefficient (Wildman–Crippen LogP) is 3.96. The standard InChI is InChI=1S/C22H26N2O6S/c1-3-19(24-22(27)29-17-12-8-5-9-13-17)30-20(25)18(14-15-31-2)23-21(26)28-16-10-6-4-7-11-16/h4-13,18-19H,3,14-15H2,1-2H3,(H,23,26)(H,24,27). The van der Waals surface area contributed by atoms with E-state index in [4.69, 9.17) is 14.2 Å². The molecule has 0 saturated carbocycles. The van der Waals surface area contributed by atoms with Crippen LogP contribution in [0.5, 0.6) is 11.5 Å². The number of benzene rings is 2. The third-order valence-electron chi connectivity index (χ3n) is 4.00. The van der Waals surface area contributed by atoms with Gasteiger partial charge in [0.2, 0.25) is 0 Å². The van der Waals surface area contributed by atoms with Crippen molar-refractivity contribution < 1.29 is 28.6 Å². The molecule has 2 aromatic rings. The number of ether oxygens (including phenoxy) is 3. The number of esters is 1. The smallest absolute Gasteiger partial charge is 0.415 e. The molecule has 0 heterocycles. The molecule has 2 N–H and O–H groups in total. The third-order valence-corrected chi connectivity index (χ3v) is 4.65. The van der Waals surface area contributed by atoms with Gasteiger partial charge >= 0.3 is 18.2 Å². The van der Waals surface area contributed by atoms with E-state index in [0.29, 0.717) is 30.1 Å². The number of hydrogen-bond acceptors (Lipinski definition) is 7. The summed E-state index contributed by atoms with van der Waals surface area (Å²) < 4.78 is 15.7. The summed E-state index contributed by atoms with van der Waals surface area (Å²) in [6.45, 7) is 1.74. The summed E-state index contributed by atoms with van der Waals surface area (Å²) in [5, 5.41) is 5.03. The average Bonchev–Trinajstić information content (AvgIpc) is 2.77. The molecule has 0 saturated heterocycles. The van der Waals surface area contributed by atoms with E-state index in [1.807, 2.05) is 6.26 Å². The Kier molecular flexibility index (Phi) is 10.2. The van der Waals surface area contributed by atoms with Crippen LogP contribution in [0.1, 0.15) is 19.8 Å². The van der Waals surface area contributed by atoms with E-state index in [0.717, 1.165) is 0 Å². The molecule has 0 fully saturated rings. The first kappa shape index (κ1) is 24.1. The van der Waals surface area contributed by atoms with Crippen molar-refractivity contribution in [3.05, 3.63) is 60.7 Å². The SMILES string of the molecule is CCC(NC(=O)Oc1ccccc1)OC(=O)C(CCSC)NC(=O)Oc1ccccc1. The second kappa shape index (κ2) is 13.2. The van der Waals surface area contributed by atoms with Gasteiger partial charge in [0, 0.05) is 6.42 Å². The Morgan fingerprint density at radius 3 is 1.87 bits per heavy atom. The molecular weight excluding hydrogens is 420 g/mol. The van der Waals surface area contributed by atoms with Crippen molar-refractivity contribution in [2.45, 2.75) is 32.0 Å². The van der Waals surface area contributed by atoms with Gasteiger partial charge in [-0.25, -0.2) is 14.4 Å². The van der Waals surface area contributed by atoms with Crippen molar-refractivity contribution in [2.24, 2.45) is 0 Å². The molecule has 0 aliphatic carbocycles. The number of hydrogen-bond donors (Lipinski definition) is 2. The van der Waals surface area contributed by atoms with Crippen LogP contribution in [-0.4, -0.2) is 42.4 Å². The van der Waals surface area contributed by atoms with Crippen LogP contribution in [0.25, 0.3) is 0 Å². The second-order valence-corrected chi connectivity index (χ2v) is 7.35. The van der Waals surface area contributed by atoms with Gasteiger partial charge in [0.25, 0.3) is 0 Å². The first-order valence-electron chi connectivity index (χ1n) is 9.78. The van der Waals surface area contributed by atoms with Crippen molar-refractivity contribution in [3.63, 3.8) is 0 Å². The Morgan fingerprint density at radius 2 is 1.39 bits per heavy atom. The minimum Gasteiger partial charge on any atom is -0.440 e. The summed E-state index contributed by atoms with van der Waals surface area (Å²) in [5.74, 6) is 0.662. The van der Waals surface area contributed by atoms with E-state index in [-0.39, 0.29) is 0 Å². The molecule has 2 rings (SSSR count). The van der Waals surface area contributed by atoms with Crippen molar-refractivity contribution in [1.82, 2.24) is 10.6 Å². The van der Waals surface area contributed by atoms with E-state index in [9.17, 15) is 14.4 Å². The summed E-state index contributed by atoms with van der Waals surface area (Å²) in [4.78, 5) is 36.9. The van der Waals surface area contributed by atoms with Crippen LogP contribution >= 0.6 is 11.8 Å². The predicted molar refractivity (Wildman–Crippen MR) is 118 cm³/mol. The highest BCUT2D eigenvalue weighted by molar-refractivity contribution is 7.98. The zero-order valence-electron chi connectivity index (χ0n) is 17.4. The molecule has 0 aliphatic rings. The Bertz CT molecular complexity index is 834. The van der Waals surface area contributed by atoms with Gasteiger partial charge in [-0.1, -0.05) is 43.3 Å². The van der Waals surface area contributed by atoms with Crippen LogP contribution in [-0.2, 0) is 9.53 Å². The maximum absolute atomic E-state index is 12.7. The van der Waals surface area contributed by atoms with Crippen LogP contribution in [0, 0.1) is 0 Å². The van der Waals surface area contributed by atoms with Crippen molar-refractivity contribution >= 4 is 29.9 Å². The number of rotatable bonds is 10. The summed E-state index contributed by atoms with van der Waals surface area (Å²) in [7, 11) is 0. The number of para-hydroxylation sites is 2. The lowest BCUT2D eigenvalue weighted by molar-refractivity contribution is -0.152. The van der Waals surface area contributed by atoms with Crippen molar-refractivity contribution in [1.29, 1.82) is 0 Å². The summed E-state index contributed by atoms with van der Waals surface area (Å²) in [6.07, 6.45) is 0.128. The van der Waals surface area contributed by atoms with Crippen LogP contribution in [0.4, 0.5) is 9.59 Å². The second-order valence-electron chi connectivity index (χ2n) is 6.36. The zero-order valence-corrected chi connectivity index (χ0v) is 18.2. The van der Waals surface area contributed by atoms with Crippen LogP contribution in [0.3, 0.4) is 0 Å². The van der Waals surface area contributed by atoms with E-state index in [1.165, 1.54) is 11.8 Å². The van der Waals surface area contributed by atoms with E-state index >= 15 is 0 Å². The topological polar surface area (TPSA) is 103 Å². The molecule has 2 amide bonds. The summed E-state index contributed by atoms with van der Waals surface area (Å²) >= 11 is 1.53. The maximum atomic E-state index is 12.7. The largest absolute Gasteiger partial charge is 0.440 e. The Labute approximate surface area is 185 Å². The number of thioether (sulfide) groups is 1. The molecule has 9 heteroatoms. The van der Waals surface area contributed by atoms with Crippen LogP contribution in [0.15, 0.2) is 60.7 Å². The summed E-state index contributed by atoms with van der Waals surface area (Å²) in [6, 6.07) is 16.1. The third kappa shape index (κ3) is 9.00. The molecule has 0 radical (unpaired) electrons. The number of amides is 2. The lowest BCUT2D eigenvalue weighted by Gasteiger charge is -2.22. The van der Waals surface area contributed by atoms with E-state index in [2.05, 4.69) is 10.6 Å². The van der Waals surface area contributed by atoms with Gasteiger partial charge in [0.1, 0.15) is 17.5 Å². The molecule has 166 valence electrons. The molecule has 2 aromatic carbocycles. The normalized spacial score (nSPS) is 12.2. The zero-order chi connectivity index (χ0) is 22.5. The highest BCUT2D eigenvalue weighted by Crippen LogP contribution is 2.11. The van der Waals surface area contributed by atoms with Crippen molar-refractivity contribution in [3.8, 4) is 11.5 Å². The number of carbonyl (C=O) groups is 3. The van der Waals surface area contributed by atoms with E-state index < -0.39 is 30.4 Å². The molecule has 0 aliphatic heterocycles. The van der Waals surface area contributed by atoms with Crippen LogP contribution in [0.2, 0.25) is 0 Å². The molecule has 0 aromatic heterocycles. The quantitative estimate of drug-likeness (QED) is 0.420. The van der Waals surface area contributed by atoms with E-state index in [1.54, 1.807) is 67.6 Å². The fraction of sp³-hybridized carbons (Fsp3) is 0.318. The first-order chi connectivity index (χ1) is 15.0. The molecule has 0 bridgehead atoms. The Hall–Kier alpha value is -3.20. The van der Waals surface area contributed by atoms with Gasteiger partial charge in [0.05, 0.1) is 0 Å². The highest BCUT2D eigenvalue weighted by atomic mass is 32.2. The molecule has 2 atom stereocenters. The Balaban J connectivity index is 1.92. The molecular formula is C22H26N2O6S. The molecule has 2 unspecified atom stereocenters. The minimum atomic E-state index is -0.926. The summed E-state index contributed by atoms with van der Waals surface area (Å²) in [5.41, 5.74) is 0. The maximum Gasteiger partial charge on any atom is 0.415 e. The molecule has 0 spiro atoms. The molecule has 8 nitrogen and oxygen atoms in total. The van der Waals surface area contributed by atoms with Crippen LogP contribution < -0.4 is 20.1 Å². The minimum absolute atomic E-state index is 0.319. The van der Waals surface area contributed by atoms with Gasteiger partial charge in [-0.15, -0.1) is 0 Å². The van der Waals surface area contributed by atoms with Gasteiger partial charge in [0.15, 0.2) is 6.23 Å². The van der Waals surface area contributed by atoms with Gasteiger partial charge in [-0.05, 0) is 42.7 Å². The van der Waals surface area contributed by atoms with Gasteiger partial charge < -0.3 is 19.5 Å². The lowest BCUT2D eigenvalue weighted by atomic mass is 10.2. The fourth-order valence-electron chi connectivity index (χ4n) is 2.45.